The van der Waals surface area contributed by atoms with E-state index in [9.17, 15) is 9.59 Å². The number of anilines is 1. The Kier molecular flexibility index (Phi) is 10.2. The van der Waals surface area contributed by atoms with Crippen LogP contribution in [0, 0.1) is 0 Å². The Labute approximate surface area is 210 Å². The third kappa shape index (κ3) is 7.73. The molecule has 3 aromatic rings. The quantitative estimate of drug-likeness (QED) is 0.262. The smallest absolute Gasteiger partial charge is 0.259 e. The number of unbranched alkanes of at least 4 members (excludes halogenated alkanes) is 3. The number of amides is 2. The summed E-state index contributed by atoms with van der Waals surface area (Å²) in [7, 11) is 0. The molecule has 178 valence electrons. The lowest BCUT2D eigenvalue weighted by Gasteiger charge is -2.14. The minimum Gasteiger partial charge on any atom is -0.493 e. The van der Waals surface area contributed by atoms with E-state index in [4.69, 9.17) is 4.74 Å². The lowest BCUT2D eigenvalue weighted by Crippen LogP contribution is -2.27. The molecule has 0 atom stereocenters. The molecule has 5 nitrogen and oxygen atoms in total. The number of carbonyl (C=O) groups is 2. The van der Waals surface area contributed by atoms with E-state index < -0.39 is 0 Å². The van der Waals surface area contributed by atoms with Gasteiger partial charge in [-0.2, -0.15) is 0 Å². The molecular weight excluding hydrogens is 492 g/mol. The number of carbonyl (C=O) groups excluding carboxylic acids is 2. The van der Waals surface area contributed by atoms with E-state index in [0.29, 0.717) is 35.7 Å². The third-order valence-electron chi connectivity index (χ3n) is 5.40. The number of hydrogen-bond acceptors (Lipinski definition) is 3. The molecule has 0 spiro atoms. The van der Waals surface area contributed by atoms with Crippen LogP contribution in [0.3, 0.4) is 0 Å². The summed E-state index contributed by atoms with van der Waals surface area (Å²) in [6.45, 7) is 3.23. The summed E-state index contributed by atoms with van der Waals surface area (Å²) < 4.78 is 6.69. The number of rotatable bonds is 12. The van der Waals surface area contributed by atoms with Gasteiger partial charge in [-0.05, 0) is 48.7 Å². The van der Waals surface area contributed by atoms with Crippen LogP contribution < -0.4 is 15.4 Å². The van der Waals surface area contributed by atoms with Crippen LogP contribution in [0.5, 0.6) is 5.75 Å². The van der Waals surface area contributed by atoms with Gasteiger partial charge in [-0.15, -0.1) is 0 Å². The van der Waals surface area contributed by atoms with E-state index in [1.165, 1.54) is 6.42 Å². The normalized spacial score (nSPS) is 10.5. The fourth-order valence-electron chi connectivity index (χ4n) is 3.56. The standard InChI is InChI=1S/C28H31BrN2O3/c1-2-3-4-10-19-34-26-16-15-22(29)20-24(26)28(33)31-25-14-9-8-13-23(25)27(32)30-18-17-21-11-6-5-7-12-21/h5-9,11-16,20H,2-4,10,17-19H2,1H3,(H,30,32)(H,31,33). The van der Waals surface area contributed by atoms with Crippen molar-refractivity contribution in [1.82, 2.24) is 5.32 Å². The SMILES string of the molecule is CCCCCCOc1ccc(Br)cc1C(=O)Nc1ccccc1C(=O)NCCc1ccccc1. The van der Waals surface area contributed by atoms with Crippen molar-refractivity contribution in [2.75, 3.05) is 18.5 Å². The molecule has 0 unspecified atom stereocenters. The largest absolute Gasteiger partial charge is 0.493 e. The summed E-state index contributed by atoms with van der Waals surface area (Å²) >= 11 is 3.44. The molecule has 0 bridgehead atoms. The topological polar surface area (TPSA) is 67.4 Å². The van der Waals surface area contributed by atoms with Gasteiger partial charge in [-0.3, -0.25) is 9.59 Å². The Morgan fingerprint density at radius 1 is 0.853 bits per heavy atom. The number of para-hydroxylation sites is 1. The van der Waals surface area contributed by atoms with Crippen LogP contribution in [0.15, 0.2) is 77.3 Å². The maximum Gasteiger partial charge on any atom is 0.259 e. The average molecular weight is 523 g/mol. The van der Waals surface area contributed by atoms with Crippen molar-refractivity contribution in [3.63, 3.8) is 0 Å². The van der Waals surface area contributed by atoms with Crippen molar-refractivity contribution >= 4 is 33.4 Å². The average Bonchev–Trinajstić information content (AvgIpc) is 2.85. The Morgan fingerprint density at radius 2 is 1.62 bits per heavy atom. The van der Waals surface area contributed by atoms with Gasteiger partial charge < -0.3 is 15.4 Å². The summed E-state index contributed by atoms with van der Waals surface area (Å²) in [5.74, 6) is -0.0233. The van der Waals surface area contributed by atoms with E-state index in [2.05, 4.69) is 33.5 Å². The van der Waals surface area contributed by atoms with Gasteiger partial charge >= 0.3 is 0 Å². The third-order valence-corrected chi connectivity index (χ3v) is 5.90. The molecule has 2 amide bonds. The van der Waals surface area contributed by atoms with Crippen LogP contribution in [0.1, 0.15) is 58.9 Å². The molecule has 0 saturated heterocycles. The molecule has 2 N–H and O–H groups in total. The summed E-state index contributed by atoms with van der Waals surface area (Å²) in [5, 5.41) is 5.84. The highest BCUT2D eigenvalue weighted by Crippen LogP contribution is 2.26. The second kappa shape index (κ2) is 13.6. The number of hydrogen-bond donors (Lipinski definition) is 2. The Morgan fingerprint density at radius 3 is 2.41 bits per heavy atom. The van der Waals surface area contributed by atoms with E-state index in [0.717, 1.165) is 35.7 Å². The second-order valence-corrected chi connectivity index (χ2v) is 8.96. The molecule has 0 radical (unpaired) electrons. The maximum absolute atomic E-state index is 13.2. The second-order valence-electron chi connectivity index (χ2n) is 8.04. The number of benzene rings is 3. The predicted octanol–water partition coefficient (Wildman–Crippen LogP) is 6.63. The van der Waals surface area contributed by atoms with Crippen LogP contribution in [0.25, 0.3) is 0 Å². The van der Waals surface area contributed by atoms with Crippen LogP contribution >= 0.6 is 15.9 Å². The first kappa shape index (κ1) is 25.5. The van der Waals surface area contributed by atoms with Gasteiger partial charge in [-0.25, -0.2) is 0 Å². The molecule has 0 fully saturated rings. The number of nitrogens with one attached hydrogen (secondary N) is 2. The zero-order valence-corrected chi connectivity index (χ0v) is 21.1. The molecule has 3 aromatic carbocycles. The van der Waals surface area contributed by atoms with Crippen LogP contribution in [-0.2, 0) is 6.42 Å². The zero-order valence-electron chi connectivity index (χ0n) is 19.5. The minimum atomic E-state index is -0.325. The molecule has 3 rings (SSSR count). The molecule has 0 heterocycles. The summed E-state index contributed by atoms with van der Waals surface area (Å²) in [5.41, 5.74) is 2.45. The van der Waals surface area contributed by atoms with Gasteiger partial charge in [0.1, 0.15) is 5.75 Å². The van der Waals surface area contributed by atoms with E-state index in [1.807, 2.05) is 36.4 Å². The fraction of sp³-hybridized carbons (Fsp3) is 0.286. The lowest BCUT2D eigenvalue weighted by atomic mass is 10.1. The van der Waals surface area contributed by atoms with Crippen molar-refractivity contribution < 1.29 is 14.3 Å². The minimum absolute atomic E-state index is 0.228. The van der Waals surface area contributed by atoms with Gasteiger partial charge in [0.05, 0.1) is 23.4 Å². The highest BCUT2D eigenvalue weighted by Gasteiger charge is 2.17. The predicted molar refractivity (Wildman–Crippen MR) is 141 cm³/mol. The fourth-order valence-corrected chi connectivity index (χ4v) is 3.92. The Hall–Kier alpha value is -3.12. The molecule has 0 aromatic heterocycles. The number of ether oxygens (including phenoxy) is 1. The summed E-state index contributed by atoms with van der Waals surface area (Å²) in [6.07, 6.45) is 5.10. The van der Waals surface area contributed by atoms with Gasteiger partial charge in [0.25, 0.3) is 11.8 Å². The van der Waals surface area contributed by atoms with Gasteiger partial charge in [0.2, 0.25) is 0 Å². The van der Waals surface area contributed by atoms with Gasteiger partial charge in [0, 0.05) is 11.0 Å². The van der Waals surface area contributed by atoms with Crippen LogP contribution in [-0.4, -0.2) is 25.0 Å². The number of halogens is 1. The van der Waals surface area contributed by atoms with Crippen molar-refractivity contribution in [3.8, 4) is 5.75 Å². The van der Waals surface area contributed by atoms with Crippen molar-refractivity contribution in [3.05, 3.63) is 94.0 Å². The molecule has 6 heteroatoms. The van der Waals surface area contributed by atoms with E-state index in [1.54, 1.807) is 36.4 Å². The van der Waals surface area contributed by atoms with E-state index >= 15 is 0 Å². The summed E-state index contributed by atoms with van der Waals surface area (Å²) in [4.78, 5) is 26.0. The molecule has 34 heavy (non-hydrogen) atoms. The van der Waals surface area contributed by atoms with Gasteiger partial charge in [-0.1, -0.05) is 84.6 Å². The first-order chi connectivity index (χ1) is 16.6. The maximum atomic E-state index is 13.2. The molecule has 0 aliphatic heterocycles. The molecular formula is C28H31BrN2O3. The highest BCUT2D eigenvalue weighted by atomic mass is 79.9. The highest BCUT2D eigenvalue weighted by molar-refractivity contribution is 9.10. The molecule has 0 aliphatic carbocycles. The molecule has 0 saturated carbocycles. The Balaban J connectivity index is 1.66. The summed E-state index contributed by atoms with van der Waals surface area (Å²) in [6, 6.07) is 22.4. The zero-order chi connectivity index (χ0) is 24.2. The van der Waals surface area contributed by atoms with Crippen LogP contribution in [0.2, 0.25) is 0 Å². The van der Waals surface area contributed by atoms with Crippen molar-refractivity contribution in [1.29, 1.82) is 0 Å². The van der Waals surface area contributed by atoms with Gasteiger partial charge in [0.15, 0.2) is 0 Å². The first-order valence-corrected chi connectivity index (χ1v) is 12.5. The van der Waals surface area contributed by atoms with Crippen LogP contribution in [0.4, 0.5) is 5.69 Å². The molecule has 0 aliphatic rings. The first-order valence-electron chi connectivity index (χ1n) is 11.7. The monoisotopic (exact) mass is 522 g/mol. The van der Waals surface area contributed by atoms with Crippen molar-refractivity contribution in [2.45, 2.75) is 39.0 Å². The lowest BCUT2D eigenvalue weighted by molar-refractivity contribution is 0.0955. The van der Waals surface area contributed by atoms with E-state index in [-0.39, 0.29) is 11.8 Å². The van der Waals surface area contributed by atoms with Crippen molar-refractivity contribution in [2.24, 2.45) is 0 Å². The Bertz CT molecular complexity index is 1090.